The molecule has 29 heavy (non-hydrogen) atoms. The molecule has 1 aliphatic heterocycles. The molecule has 1 fully saturated rings. The number of anilines is 1. The molecule has 0 aliphatic carbocycles. The van der Waals surface area contributed by atoms with Gasteiger partial charge < -0.3 is 15.2 Å². The molecule has 4 nitrogen and oxygen atoms in total. The number of nitrogens with one attached hydrogen (secondary N) is 2. The Kier molecular flexibility index (Phi) is 5.22. The van der Waals surface area contributed by atoms with Gasteiger partial charge in [-0.15, -0.1) is 0 Å². The van der Waals surface area contributed by atoms with Crippen LogP contribution in [0.2, 0.25) is 0 Å². The summed E-state index contributed by atoms with van der Waals surface area (Å²) in [5, 5.41) is 4.03. The highest BCUT2D eigenvalue weighted by atomic mass is 19.4. The van der Waals surface area contributed by atoms with E-state index >= 15 is 0 Å². The first-order valence-corrected chi connectivity index (χ1v) is 9.67. The second kappa shape index (κ2) is 7.81. The molecule has 0 unspecified atom stereocenters. The van der Waals surface area contributed by atoms with Crippen molar-refractivity contribution in [3.8, 4) is 0 Å². The third-order valence-corrected chi connectivity index (χ3v) is 5.46. The minimum atomic E-state index is -4.33. The molecule has 7 heteroatoms. The predicted octanol–water partition coefficient (Wildman–Crippen LogP) is 4.51. The lowest BCUT2D eigenvalue weighted by molar-refractivity contribution is -0.137. The van der Waals surface area contributed by atoms with Crippen LogP contribution in [0, 0.1) is 0 Å². The first-order chi connectivity index (χ1) is 13.9. The minimum absolute atomic E-state index is 0.0611. The molecule has 0 spiro atoms. The maximum absolute atomic E-state index is 12.8. The third-order valence-electron chi connectivity index (χ3n) is 5.46. The van der Waals surface area contributed by atoms with Crippen LogP contribution in [0.5, 0.6) is 0 Å². The fourth-order valence-corrected chi connectivity index (χ4v) is 3.97. The van der Waals surface area contributed by atoms with Gasteiger partial charge in [0.05, 0.1) is 12.0 Å². The van der Waals surface area contributed by atoms with Crippen LogP contribution in [0.25, 0.3) is 10.9 Å². The molecule has 2 heterocycles. The predicted molar refractivity (Wildman–Crippen MR) is 107 cm³/mol. The van der Waals surface area contributed by atoms with Gasteiger partial charge in [0.15, 0.2) is 0 Å². The van der Waals surface area contributed by atoms with Gasteiger partial charge in [0.2, 0.25) is 5.91 Å². The monoisotopic (exact) mass is 401 g/mol. The van der Waals surface area contributed by atoms with E-state index in [2.05, 4.69) is 15.2 Å². The Balaban J connectivity index is 1.37. The van der Waals surface area contributed by atoms with Gasteiger partial charge in [-0.1, -0.05) is 18.2 Å². The molecule has 2 aromatic carbocycles. The summed E-state index contributed by atoms with van der Waals surface area (Å²) in [5.41, 5.74) is 2.05. The van der Waals surface area contributed by atoms with Gasteiger partial charge in [-0.25, -0.2) is 0 Å². The van der Waals surface area contributed by atoms with E-state index in [4.69, 9.17) is 0 Å². The third kappa shape index (κ3) is 4.23. The van der Waals surface area contributed by atoms with Crippen LogP contribution in [-0.4, -0.2) is 30.0 Å². The second-order valence-electron chi connectivity index (χ2n) is 7.37. The Morgan fingerprint density at radius 1 is 1.14 bits per heavy atom. The number of rotatable bonds is 5. The van der Waals surface area contributed by atoms with Crippen LogP contribution in [0.3, 0.4) is 0 Å². The number of hydrogen-bond acceptors (Lipinski definition) is 2. The summed E-state index contributed by atoms with van der Waals surface area (Å²) in [5.74, 6) is -0.0611. The summed E-state index contributed by atoms with van der Waals surface area (Å²) < 4.78 is 38.3. The number of fused-ring (bicyclic) bond motifs is 1. The lowest BCUT2D eigenvalue weighted by Crippen LogP contribution is -2.40. The van der Waals surface area contributed by atoms with E-state index in [-0.39, 0.29) is 18.4 Å². The molecule has 2 N–H and O–H groups in total. The molecular weight excluding hydrogens is 379 g/mol. The zero-order valence-electron chi connectivity index (χ0n) is 15.8. The molecular formula is C22H22F3N3O. The first-order valence-electron chi connectivity index (χ1n) is 9.67. The quantitative estimate of drug-likeness (QED) is 0.661. The molecule has 1 saturated heterocycles. The van der Waals surface area contributed by atoms with Crippen LogP contribution < -0.4 is 10.2 Å². The summed E-state index contributed by atoms with van der Waals surface area (Å²) in [6, 6.07) is 13.2. The molecule has 0 bridgehead atoms. The standard InChI is InChI=1S/C22H22F3N3O/c23-22(24,25)16-7-9-17(10-8-16)28-11-3-4-18(28)14-27-21(29)12-15-13-26-20-6-2-1-5-19(15)20/h1-2,5-10,13,18,26H,3-4,11-12,14H2,(H,27,29)/t18-/m1/s1. The number of carbonyl (C=O) groups is 1. The number of H-pyrrole nitrogens is 1. The van der Waals surface area contributed by atoms with Crippen molar-refractivity contribution in [1.82, 2.24) is 10.3 Å². The van der Waals surface area contributed by atoms with Crippen molar-refractivity contribution in [3.63, 3.8) is 0 Å². The number of amides is 1. The zero-order chi connectivity index (χ0) is 20.4. The second-order valence-corrected chi connectivity index (χ2v) is 7.37. The summed E-state index contributed by atoms with van der Waals surface area (Å²) in [6.07, 6.45) is -0.344. The molecule has 0 saturated carbocycles. The van der Waals surface area contributed by atoms with E-state index in [1.54, 1.807) is 0 Å². The highest BCUT2D eigenvalue weighted by molar-refractivity contribution is 5.88. The highest BCUT2D eigenvalue weighted by Gasteiger charge is 2.31. The Labute approximate surface area is 166 Å². The lowest BCUT2D eigenvalue weighted by atomic mass is 10.1. The van der Waals surface area contributed by atoms with Crippen LogP contribution >= 0.6 is 0 Å². The lowest BCUT2D eigenvalue weighted by Gasteiger charge is -2.27. The smallest absolute Gasteiger partial charge is 0.367 e. The molecule has 1 atom stereocenters. The van der Waals surface area contributed by atoms with Gasteiger partial charge in [0.25, 0.3) is 0 Å². The van der Waals surface area contributed by atoms with Gasteiger partial charge in [-0.05, 0) is 48.7 Å². The Morgan fingerprint density at radius 3 is 2.66 bits per heavy atom. The molecule has 152 valence electrons. The number of carbonyl (C=O) groups excluding carboxylic acids is 1. The zero-order valence-corrected chi connectivity index (χ0v) is 15.8. The number of para-hydroxylation sites is 1. The van der Waals surface area contributed by atoms with Crippen molar-refractivity contribution in [2.24, 2.45) is 0 Å². The number of hydrogen-bond donors (Lipinski definition) is 2. The number of halogens is 3. The van der Waals surface area contributed by atoms with E-state index in [9.17, 15) is 18.0 Å². The van der Waals surface area contributed by atoms with E-state index in [1.165, 1.54) is 12.1 Å². The summed E-state index contributed by atoms with van der Waals surface area (Å²) in [6.45, 7) is 1.25. The summed E-state index contributed by atoms with van der Waals surface area (Å²) in [4.78, 5) is 17.7. The Morgan fingerprint density at radius 2 is 1.90 bits per heavy atom. The van der Waals surface area contributed by atoms with Gasteiger partial charge >= 0.3 is 6.18 Å². The Hall–Kier alpha value is -2.96. The van der Waals surface area contributed by atoms with Crippen molar-refractivity contribution in [2.75, 3.05) is 18.0 Å². The van der Waals surface area contributed by atoms with Crippen LogP contribution in [-0.2, 0) is 17.4 Å². The largest absolute Gasteiger partial charge is 0.416 e. The number of benzene rings is 2. The van der Waals surface area contributed by atoms with Crippen molar-refractivity contribution in [2.45, 2.75) is 31.5 Å². The number of nitrogens with zero attached hydrogens (tertiary/aromatic N) is 1. The van der Waals surface area contributed by atoms with Gasteiger partial charge in [0.1, 0.15) is 0 Å². The average Bonchev–Trinajstić information content (AvgIpc) is 3.33. The topological polar surface area (TPSA) is 48.1 Å². The maximum atomic E-state index is 12.8. The van der Waals surface area contributed by atoms with E-state index in [1.807, 2.05) is 30.5 Å². The Bertz CT molecular complexity index is 994. The summed E-state index contributed by atoms with van der Waals surface area (Å²) in [7, 11) is 0. The number of alkyl halides is 3. The van der Waals surface area contributed by atoms with Crippen molar-refractivity contribution < 1.29 is 18.0 Å². The molecule has 1 amide bonds. The molecule has 1 aromatic heterocycles. The fraction of sp³-hybridized carbons (Fsp3) is 0.318. The van der Waals surface area contributed by atoms with Gasteiger partial charge in [-0.3, -0.25) is 4.79 Å². The maximum Gasteiger partial charge on any atom is 0.416 e. The molecule has 0 radical (unpaired) electrons. The van der Waals surface area contributed by atoms with E-state index in [0.717, 1.165) is 53.7 Å². The SMILES string of the molecule is O=C(Cc1c[nH]c2ccccc12)NC[C@H]1CCCN1c1ccc(C(F)(F)F)cc1. The molecule has 1 aliphatic rings. The van der Waals surface area contributed by atoms with E-state index < -0.39 is 11.7 Å². The first kappa shape index (κ1) is 19.4. The molecule has 4 rings (SSSR count). The van der Waals surface area contributed by atoms with Gasteiger partial charge in [0, 0.05) is 41.9 Å². The van der Waals surface area contributed by atoms with Crippen LogP contribution in [0.15, 0.2) is 54.7 Å². The normalized spacial score (nSPS) is 17.1. The van der Waals surface area contributed by atoms with Crippen molar-refractivity contribution in [3.05, 3.63) is 65.9 Å². The fourth-order valence-electron chi connectivity index (χ4n) is 3.97. The average molecular weight is 401 g/mol. The van der Waals surface area contributed by atoms with Gasteiger partial charge in [-0.2, -0.15) is 13.2 Å². The number of aromatic nitrogens is 1. The summed E-state index contributed by atoms with van der Waals surface area (Å²) >= 11 is 0. The van der Waals surface area contributed by atoms with Crippen molar-refractivity contribution in [1.29, 1.82) is 0 Å². The van der Waals surface area contributed by atoms with Crippen LogP contribution in [0.4, 0.5) is 18.9 Å². The van der Waals surface area contributed by atoms with Crippen molar-refractivity contribution >= 4 is 22.5 Å². The highest BCUT2D eigenvalue weighted by Crippen LogP contribution is 2.32. The number of aromatic amines is 1. The molecule has 3 aromatic rings. The minimum Gasteiger partial charge on any atom is -0.367 e. The van der Waals surface area contributed by atoms with Crippen LogP contribution in [0.1, 0.15) is 24.0 Å². The van der Waals surface area contributed by atoms with E-state index in [0.29, 0.717) is 6.54 Å².